The van der Waals surface area contributed by atoms with Crippen LogP contribution in [0.15, 0.2) is 72.9 Å². The Kier molecular flexibility index (Phi) is 51.5. The van der Waals surface area contributed by atoms with Crippen molar-refractivity contribution < 1.29 is 75.8 Å². The molecule has 0 bridgehead atoms. The van der Waals surface area contributed by atoms with E-state index in [0.717, 1.165) is 141 Å². The van der Waals surface area contributed by atoms with Gasteiger partial charge in [0.15, 0.2) is 6.10 Å². The van der Waals surface area contributed by atoms with E-state index in [2.05, 4.69) is 93.7 Å². The quantitative estimate of drug-likeness (QED) is 0.0146. The molecule has 4 N–H and O–H groups in total. The zero-order valence-electron chi connectivity index (χ0n) is 47.6. The minimum atomic E-state index is -4.92. The Balaban J connectivity index is 4.71. The molecule has 0 aromatic rings. The van der Waals surface area contributed by atoms with Crippen molar-refractivity contribution in [3.63, 3.8) is 0 Å². The molecule has 446 valence electrons. The number of ether oxygens (including phenoxy) is 3. The molecule has 0 aliphatic rings. The Morgan fingerprint density at radius 3 is 1.16 bits per heavy atom. The number of esters is 3. The summed E-state index contributed by atoms with van der Waals surface area (Å²) in [4.78, 5) is 58.0. The van der Waals surface area contributed by atoms with Gasteiger partial charge in [0.25, 0.3) is 0 Å². The van der Waals surface area contributed by atoms with E-state index in [0.29, 0.717) is 19.3 Å². The number of hydrogen-bond donors (Lipinski definition) is 4. The number of phosphoric ester groups is 2. The predicted molar refractivity (Wildman–Crippen MR) is 307 cm³/mol. The first-order chi connectivity index (χ1) is 37.2. The average molecular weight is 1130 g/mol. The highest BCUT2D eigenvalue weighted by Crippen LogP contribution is 2.45. The van der Waals surface area contributed by atoms with Gasteiger partial charge in [0.1, 0.15) is 25.4 Å². The normalized spacial score (nSPS) is 15.1. The summed E-state index contributed by atoms with van der Waals surface area (Å²) in [5.74, 6) is -1.62. The Labute approximate surface area is 464 Å². The molecule has 0 aromatic carbocycles. The van der Waals surface area contributed by atoms with Gasteiger partial charge in [-0.1, -0.05) is 177 Å². The third-order valence-corrected chi connectivity index (χ3v) is 13.8. The van der Waals surface area contributed by atoms with Crippen LogP contribution in [-0.4, -0.2) is 95.9 Å². The van der Waals surface area contributed by atoms with E-state index in [-0.39, 0.29) is 19.3 Å². The Morgan fingerprint density at radius 2 is 0.714 bits per heavy atom. The van der Waals surface area contributed by atoms with E-state index in [1.165, 1.54) is 25.7 Å². The Bertz CT molecular complexity index is 1710. The number of hydrogen-bond acceptors (Lipinski definition) is 14. The largest absolute Gasteiger partial charge is 0.472 e. The molecular weight excluding hydrogens is 1030 g/mol. The van der Waals surface area contributed by atoms with Crippen molar-refractivity contribution in [2.75, 3.05) is 39.6 Å². The van der Waals surface area contributed by atoms with E-state index in [1.54, 1.807) is 0 Å². The molecule has 0 aliphatic carbocycles. The molecule has 18 heteroatoms. The molecule has 77 heavy (non-hydrogen) atoms. The smallest absolute Gasteiger partial charge is 0.463 e. The van der Waals surface area contributed by atoms with Crippen LogP contribution in [0, 0.1) is 0 Å². The number of aliphatic hydroxyl groups excluding tert-OH is 2. The third kappa shape index (κ3) is 54.7. The van der Waals surface area contributed by atoms with Crippen molar-refractivity contribution in [3.8, 4) is 0 Å². The lowest BCUT2D eigenvalue weighted by atomic mass is 10.1. The van der Waals surface area contributed by atoms with E-state index >= 15 is 0 Å². The summed E-state index contributed by atoms with van der Waals surface area (Å²) in [5.41, 5.74) is 0. The van der Waals surface area contributed by atoms with Crippen LogP contribution in [-0.2, 0) is 55.8 Å². The first-order valence-electron chi connectivity index (χ1n) is 29.2. The molecule has 0 rings (SSSR count). The maximum absolute atomic E-state index is 12.8. The predicted octanol–water partition coefficient (Wildman–Crippen LogP) is 14.9. The second kappa shape index (κ2) is 53.6. The van der Waals surface area contributed by atoms with Gasteiger partial charge in [0.2, 0.25) is 0 Å². The summed E-state index contributed by atoms with van der Waals surface area (Å²) in [6, 6.07) is 0. The highest BCUT2D eigenvalue weighted by Gasteiger charge is 2.29. The third-order valence-electron chi connectivity index (χ3n) is 11.9. The Hall–Kier alpha value is -3.01. The van der Waals surface area contributed by atoms with Crippen LogP contribution < -0.4 is 0 Å². The van der Waals surface area contributed by atoms with Crippen LogP contribution in [0.1, 0.15) is 226 Å². The summed E-state index contributed by atoms with van der Waals surface area (Å²) in [6.45, 7) is 2.39. The lowest BCUT2D eigenvalue weighted by Crippen LogP contribution is -2.30. The van der Waals surface area contributed by atoms with E-state index < -0.39 is 91.5 Å². The van der Waals surface area contributed by atoms with Crippen LogP contribution >= 0.6 is 15.6 Å². The van der Waals surface area contributed by atoms with Gasteiger partial charge in [-0.05, 0) is 103 Å². The van der Waals surface area contributed by atoms with Crippen LogP contribution in [0.2, 0.25) is 0 Å². The fourth-order valence-corrected chi connectivity index (χ4v) is 8.96. The molecular formula is C59H104O16P2. The van der Waals surface area contributed by atoms with Crippen molar-refractivity contribution in [2.24, 2.45) is 0 Å². The minimum Gasteiger partial charge on any atom is -0.463 e. The van der Waals surface area contributed by atoms with Crippen molar-refractivity contribution in [1.29, 1.82) is 0 Å². The molecule has 0 heterocycles. The first kappa shape index (κ1) is 74.0. The molecule has 5 unspecified atom stereocenters. The molecule has 0 aromatic heterocycles. The van der Waals surface area contributed by atoms with Crippen LogP contribution in [0.25, 0.3) is 0 Å². The van der Waals surface area contributed by atoms with Gasteiger partial charge in [-0.15, -0.1) is 0 Å². The lowest BCUT2D eigenvalue weighted by molar-refractivity contribution is -0.161. The number of unbranched alkanes of at least 4 members (excludes halogenated alkanes) is 20. The molecule has 0 radical (unpaired) electrons. The fraction of sp³-hybridized carbons (Fsp3) is 0.746. The maximum Gasteiger partial charge on any atom is 0.472 e. The zero-order valence-corrected chi connectivity index (χ0v) is 49.4. The lowest BCUT2D eigenvalue weighted by Gasteiger charge is -2.21. The van der Waals surface area contributed by atoms with Gasteiger partial charge in [-0.25, -0.2) is 9.13 Å². The minimum absolute atomic E-state index is 0.0918. The van der Waals surface area contributed by atoms with E-state index in [4.69, 9.17) is 32.3 Å². The highest BCUT2D eigenvalue weighted by atomic mass is 31.2. The van der Waals surface area contributed by atoms with Crippen molar-refractivity contribution in [3.05, 3.63) is 72.9 Å². The standard InChI is InChI=1S/C59H104O16P2/c1-4-7-10-13-16-19-22-25-26-29-31-33-36-39-42-45-57(62)69-48-54(60)49-71-76(65,66)72-50-55(61)51-73-77(67,68)74-53-56(75-59(64)47-44-41-38-35-32-28-24-21-18-15-12-9-6-3)52-70-58(63)46-43-40-37-34-30-27-23-20-17-14-11-8-5-2/h7,10-11,14,16,19-21,23-26,54-56,60-61H,4-6,8-9,12-13,15,17-18,22,27-53H2,1-3H3,(H,65,66)(H,67,68)/b10-7-,14-11-,19-16-,23-20-,24-21-,26-25-. The molecule has 0 fully saturated rings. The second-order valence-corrected chi connectivity index (χ2v) is 22.3. The molecule has 16 nitrogen and oxygen atoms in total. The summed E-state index contributed by atoms with van der Waals surface area (Å²) < 4.78 is 60.5. The maximum atomic E-state index is 12.8. The Morgan fingerprint density at radius 1 is 0.377 bits per heavy atom. The molecule has 5 atom stereocenters. The molecule has 0 aliphatic heterocycles. The number of carbonyl (C=O) groups is 3. The number of rotatable bonds is 55. The van der Waals surface area contributed by atoms with Crippen LogP contribution in [0.3, 0.4) is 0 Å². The SMILES string of the molecule is CC/C=C\C/C=C\C/C=C\CCCCCCCC(=O)OCC(O)COP(=O)(O)OCC(O)COP(=O)(O)OCC(COC(=O)CCCCCCC/C=C\C/C=C\CCC)OC(=O)CCCCCCC/C=C\CCCCCC. The number of carbonyl (C=O) groups excluding carboxylic acids is 3. The van der Waals surface area contributed by atoms with Crippen molar-refractivity contribution in [1.82, 2.24) is 0 Å². The number of phosphoric acid groups is 2. The van der Waals surface area contributed by atoms with Gasteiger partial charge in [-0.2, -0.15) is 0 Å². The highest BCUT2D eigenvalue weighted by molar-refractivity contribution is 7.47. The average Bonchev–Trinajstić information content (AvgIpc) is 3.40. The fourth-order valence-electron chi connectivity index (χ4n) is 7.38. The summed E-state index contributed by atoms with van der Waals surface area (Å²) in [7, 11) is -9.76. The van der Waals surface area contributed by atoms with Gasteiger partial charge in [0, 0.05) is 19.3 Å². The van der Waals surface area contributed by atoms with Gasteiger partial charge in [-0.3, -0.25) is 32.5 Å². The number of allylic oxidation sites excluding steroid dienone is 12. The van der Waals surface area contributed by atoms with Crippen LogP contribution in [0.5, 0.6) is 0 Å². The van der Waals surface area contributed by atoms with E-state index in [9.17, 15) is 43.5 Å². The summed E-state index contributed by atoms with van der Waals surface area (Å²) >= 11 is 0. The zero-order chi connectivity index (χ0) is 56.8. The van der Waals surface area contributed by atoms with Crippen molar-refractivity contribution in [2.45, 2.75) is 245 Å². The van der Waals surface area contributed by atoms with Gasteiger partial charge >= 0.3 is 33.6 Å². The molecule has 0 amide bonds. The van der Waals surface area contributed by atoms with Crippen LogP contribution in [0.4, 0.5) is 0 Å². The van der Waals surface area contributed by atoms with Gasteiger partial charge < -0.3 is 34.2 Å². The van der Waals surface area contributed by atoms with Gasteiger partial charge in [0.05, 0.1) is 26.4 Å². The molecule has 0 saturated heterocycles. The molecule has 0 spiro atoms. The summed E-state index contributed by atoms with van der Waals surface area (Å²) in [5, 5.41) is 20.4. The van der Waals surface area contributed by atoms with Crippen molar-refractivity contribution >= 4 is 33.6 Å². The number of aliphatic hydroxyl groups is 2. The molecule has 0 saturated carbocycles. The monoisotopic (exact) mass is 1130 g/mol. The second-order valence-electron chi connectivity index (χ2n) is 19.4. The van der Waals surface area contributed by atoms with E-state index in [1.807, 2.05) is 0 Å². The topological polar surface area (TPSA) is 231 Å². The first-order valence-corrected chi connectivity index (χ1v) is 32.2. The summed E-state index contributed by atoms with van der Waals surface area (Å²) in [6.07, 6.45) is 51.2.